The Morgan fingerprint density at radius 1 is 1.22 bits per heavy atom. The number of nitrogens with one attached hydrogen (secondary N) is 1. The molecule has 1 aliphatic heterocycles. The largest absolute Gasteiger partial charge is 0.471 e. The van der Waals surface area contributed by atoms with Gasteiger partial charge >= 0.3 is 12.1 Å². The molecular weight excluding hydrogens is 311 g/mol. The van der Waals surface area contributed by atoms with Crippen LogP contribution < -0.4 is 5.56 Å². The minimum atomic E-state index is -4.85. The van der Waals surface area contributed by atoms with E-state index in [4.69, 9.17) is 0 Å². The van der Waals surface area contributed by atoms with E-state index in [1.807, 2.05) is 6.07 Å². The first-order valence-corrected chi connectivity index (χ1v) is 7.22. The summed E-state index contributed by atoms with van der Waals surface area (Å²) in [5.41, 5.74) is 2.68. The Morgan fingerprint density at radius 3 is 2.52 bits per heavy atom. The smallest absolute Gasteiger partial charge is 0.334 e. The quantitative estimate of drug-likeness (QED) is 0.805. The third kappa shape index (κ3) is 2.20. The maximum Gasteiger partial charge on any atom is 0.471 e. The molecule has 0 spiro atoms. The second-order valence-electron chi connectivity index (χ2n) is 6.08. The van der Waals surface area contributed by atoms with Gasteiger partial charge in [0.25, 0.3) is 5.56 Å². The number of rotatable bonds is 0. The normalized spacial score (nSPS) is 23.2. The number of halogens is 3. The predicted octanol–water partition coefficient (Wildman–Crippen LogP) is 1.90. The van der Waals surface area contributed by atoms with E-state index >= 15 is 0 Å². The Labute approximate surface area is 128 Å². The molecule has 1 amide bonds. The van der Waals surface area contributed by atoms with Crippen LogP contribution in [-0.4, -0.2) is 40.0 Å². The Kier molecular flexibility index (Phi) is 2.82. The van der Waals surface area contributed by atoms with Crippen LogP contribution >= 0.6 is 0 Å². The molecule has 23 heavy (non-hydrogen) atoms. The van der Waals surface area contributed by atoms with Gasteiger partial charge in [-0.3, -0.25) is 9.59 Å². The number of nitrogens with zero attached hydrogens (tertiary/aromatic N) is 2. The van der Waals surface area contributed by atoms with E-state index in [9.17, 15) is 22.8 Å². The van der Waals surface area contributed by atoms with Gasteiger partial charge in [0.2, 0.25) is 0 Å². The van der Waals surface area contributed by atoms with Crippen LogP contribution in [0.25, 0.3) is 11.0 Å². The van der Waals surface area contributed by atoms with Crippen molar-refractivity contribution in [1.82, 2.24) is 14.9 Å². The number of amides is 1. The number of carbonyl (C=O) groups is 1. The van der Waals surface area contributed by atoms with Crippen molar-refractivity contribution >= 4 is 16.9 Å². The molecule has 1 aromatic heterocycles. The molecule has 120 valence electrons. The molecule has 2 aromatic rings. The number of hydrogen-bond acceptors (Lipinski definition) is 3. The van der Waals surface area contributed by atoms with E-state index in [2.05, 4.69) is 9.97 Å². The highest BCUT2D eigenvalue weighted by Crippen LogP contribution is 2.47. The lowest BCUT2D eigenvalue weighted by atomic mass is 9.95. The highest BCUT2D eigenvalue weighted by atomic mass is 19.4. The molecule has 1 saturated heterocycles. The predicted molar refractivity (Wildman–Crippen MR) is 75.1 cm³/mol. The Bertz CT molecular complexity index is 874. The molecule has 5 nitrogen and oxygen atoms in total. The van der Waals surface area contributed by atoms with Crippen molar-refractivity contribution in [3.63, 3.8) is 0 Å². The van der Waals surface area contributed by atoms with Crippen molar-refractivity contribution in [2.75, 3.05) is 13.1 Å². The molecule has 2 heterocycles. The Balaban J connectivity index is 1.75. The van der Waals surface area contributed by atoms with E-state index in [1.165, 1.54) is 6.20 Å². The van der Waals surface area contributed by atoms with Crippen molar-refractivity contribution in [2.45, 2.75) is 24.4 Å². The van der Waals surface area contributed by atoms with Crippen molar-refractivity contribution < 1.29 is 18.0 Å². The van der Waals surface area contributed by atoms with Crippen LogP contribution in [0.5, 0.6) is 0 Å². The zero-order valence-corrected chi connectivity index (χ0v) is 11.9. The molecule has 2 aliphatic rings. The number of aromatic nitrogens is 2. The van der Waals surface area contributed by atoms with Gasteiger partial charge in [-0.05, 0) is 29.7 Å². The molecule has 1 N–H and O–H groups in total. The number of aromatic amines is 1. The standard InChI is InChI=1S/C15H12F3N3O2/c16-15(17,18)14(23)21-5-7-1-8(6-21)10-3-12-11(2-9(7)10)19-4-13(22)20-12/h2-4,7-8H,1,5-6H2,(H,20,22)/t7-,8-/m1/s1. The van der Waals surface area contributed by atoms with Gasteiger partial charge in [0.1, 0.15) is 0 Å². The third-order valence-electron chi connectivity index (χ3n) is 4.64. The number of H-pyrrole nitrogens is 1. The summed E-state index contributed by atoms with van der Waals surface area (Å²) in [4.78, 5) is 30.5. The maximum atomic E-state index is 12.7. The van der Waals surface area contributed by atoms with Gasteiger partial charge in [-0.25, -0.2) is 4.98 Å². The second kappa shape index (κ2) is 4.56. The molecule has 8 heteroatoms. The van der Waals surface area contributed by atoms with E-state index in [0.29, 0.717) is 11.0 Å². The van der Waals surface area contributed by atoms with Gasteiger partial charge in [-0.1, -0.05) is 0 Å². The van der Waals surface area contributed by atoms with Crippen LogP contribution in [0.4, 0.5) is 13.2 Å². The molecule has 0 saturated carbocycles. The first-order chi connectivity index (χ1) is 10.8. The van der Waals surface area contributed by atoms with Crippen LogP contribution in [0, 0.1) is 0 Å². The molecule has 0 radical (unpaired) electrons. The van der Waals surface area contributed by atoms with Crippen LogP contribution in [0.15, 0.2) is 23.1 Å². The highest BCUT2D eigenvalue weighted by Gasteiger charge is 2.47. The number of alkyl halides is 3. The molecule has 4 rings (SSSR count). The molecule has 1 fully saturated rings. The highest BCUT2D eigenvalue weighted by molar-refractivity contribution is 5.83. The van der Waals surface area contributed by atoms with Crippen molar-refractivity contribution in [2.24, 2.45) is 0 Å². The number of likely N-dealkylation sites (tertiary alicyclic amines) is 1. The zero-order valence-electron chi connectivity index (χ0n) is 11.9. The SMILES string of the molecule is O=C(N1C[C@H]2C[C@H](C1)c1cc3[nH]c(=O)cnc3cc12)C(F)(F)F. The average molecular weight is 323 g/mol. The average Bonchev–Trinajstić information content (AvgIpc) is 2.74. The Morgan fingerprint density at radius 2 is 1.87 bits per heavy atom. The minimum absolute atomic E-state index is 0.0534. The molecule has 2 atom stereocenters. The summed E-state index contributed by atoms with van der Waals surface area (Å²) in [5, 5.41) is 0. The summed E-state index contributed by atoms with van der Waals surface area (Å²) in [6.07, 6.45) is -2.95. The van der Waals surface area contributed by atoms with Gasteiger partial charge < -0.3 is 9.88 Å². The third-order valence-corrected chi connectivity index (χ3v) is 4.64. The molecule has 2 bridgehead atoms. The van der Waals surface area contributed by atoms with Crippen molar-refractivity contribution in [3.8, 4) is 0 Å². The van der Waals surface area contributed by atoms with Gasteiger partial charge in [0, 0.05) is 24.9 Å². The van der Waals surface area contributed by atoms with E-state index in [-0.39, 0.29) is 30.5 Å². The summed E-state index contributed by atoms with van der Waals surface area (Å²) in [7, 11) is 0. The number of hydrogen-bond donors (Lipinski definition) is 1. The monoisotopic (exact) mass is 323 g/mol. The summed E-state index contributed by atoms with van der Waals surface area (Å²) < 4.78 is 38.0. The first-order valence-electron chi connectivity index (χ1n) is 7.22. The summed E-state index contributed by atoms with van der Waals surface area (Å²) in [5.74, 6) is -2.03. The Hall–Kier alpha value is -2.38. The molecule has 1 aromatic carbocycles. The van der Waals surface area contributed by atoms with Crippen molar-refractivity contribution in [1.29, 1.82) is 0 Å². The van der Waals surface area contributed by atoms with Crippen LogP contribution in [0.3, 0.4) is 0 Å². The fraction of sp³-hybridized carbons (Fsp3) is 0.400. The fourth-order valence-corrected chi connectivity index (χ4v) is 3.72. The minimum Gasteiger partial charge on any atom is -0.334 e. The van der Waals surface area contributed by atoms with Gasteiger partial charge in [-0.2, -0.15) is 13.2 Å². The lowest BCUT2D eigenvalue weighted by Crippen LogP contribution is -2.46. The molecule has 1 aliphatic carbocycles. The van der Waals surface area contributed by atoms with Crippen LogP contribution in [0.1, 0.15) is 29.4 Å². The first kappa shape index (κ1) is 14.2. The molecule has 0 unspecified atom stereocenters. The second-order valence-corrected chi connectivity index (χ2v) is 6.08. The number of carbonyl (C=O) groups excluding carboxylic acids is 1. The molecular formula is C15H12F3N3O2. The van der Waals surface area contributed by atoms with E-state index < -0.39 is 12.1 Å². The summed E-state index contributed by atoms with van der Waals surface area (Å²) >= 11 is 0. The zero-order chi connectivity index (χ0) is 16.4. The summed E-state index contributed by atoms with van der Waals surface area (Å²) in [6, 6.07) is 3.60. The summed E-state index contributed by atoms with van der Waals surface area (Å²) in [6.45, 7) is 0.120. The lowest BCUT2D eigenvalue weighted by molar-refractivity contribution is -0.186. The van der Waals surface area contributed by atoms with Crippen LogP contribution in [0.2, 0.25) is 0 Å². The number of benzene rings is 1. The van der Waals surface area contributed by atoms with E-state index in [1.54, 1.807) is 6.07 Å². The van der Waals surface area contributed by atoms with E-state index in [0.717, 1.165) is 22.4 Å². The maximum absolute atomic E-state index is 12.7. The van der Waals surface area contributed by atoms with Crippen molar-refractivity contribution in [3.05, 3.63) is 39.8 Å². The number of fused-ring (bicyclic) bond motifs is 6. The van der Waals surface area contributed by atoms with Gasteiger partial charge in [-0.15, -0.1) is 0 Å². The van der Waals surface area contributed by atoms with Gasteiger partial charge in [0.15, 0.2) is 0 Å². The van der Waals surface area contributed by atoms with Crippen LogP contribution in [-0.2, 0) is 4.79 Å². The topological polar surface area (TPSA) is 66.1 Å². The number of piperidine rings is 1. The van der Waals surface area contributed by atoms with Gasteiger partial charge in [0.05, 0.1) is 17.2 Å². The lowest BCUT2D eigenvalue weighted by Gasteiger charge is -2.32. The fourth-order valence-electron chi connectivity index (χ4n) is 3.72.